The molecule has 1 heteroatoms. The number of carbonyl (C=O) groups excluding carboxylic acids is 1. The van der Waals surface area contributed by atoms with Crippen LogP contribution in [0, 0.1) is 11.3 Å². The van der Waals surface area contributed by atoms with Crippen molar-refractivity contribution >= 4 is 5.78 Å². The highest BCUT2D eigenvalue weighted by molar-refractivity contribution is 5.98. The Morgan fingerprint density at radius 3 is 2.50 bits per heavy atom. The first kappa shape index (κ1) is 15.3. The topological polar surface area (TPSA) is 17.1 Å². The fourth-order valence-electron chi connectivity index (χ4n) is 3.40. The number of unbranched alkanes of at least 4 members (excludes halogenated alkanes) is 1. The summed E-state index contributed by atoms with van der Waals surface area (Å²) in [4.78, 5) is 12.7. The Balaban J connectivity index is 2.08. The summed E-state index contributed by atoms with van der Waals surface area (Å²) in [6, 6.07) is 8.35. The molecule has 1 aromatic carbocycles. The molecule has 1 aliphatic carbocycles. The highest BCUT2D eigenvalue weighted by atomic mass is 16.1. The largest absolute Gasteiger partial charge is 0.294 e. The van der Waals surface area contributed by atoms with Gasteiger partial charge < -0.3 is 0 Å². The van der Waals surface area contributed by atoms with Crippen molar-refractivity contribution in [3.63, 3.8) is 0 Å². The molecule has 0 saturated heterocycles. The predicted octanol–water partition coefficient (Wildman–Crippen LogP) is 5.43. The van der Waals surface area contributed by atoms with Gasteiger partial charge in [-0.3, -0.25) is 4.79 Å². The van der Waals surface area contributed by atoms with E-state index < -0.39 is 0 Å². The van der Waals surface area contributed by atoms with Crippen LogP contribution in [-0.4, -0.2) is 5.78 Å². The molecule has 1 fully saturated rings. The third-order valence-corrected chi connectivity index (χ3v) is 4.88. The van der Waals surface area contributed by atoms with E-state index >= 15 is 0 Å². The zero-order chi connectivity index (χ0) is 14.6. The first-order chi connectivity index (χ1) is 9.54. The molecule has 0 heterocycles. The van der Waals surface area contributed by atoms with E-state index in [1.807, 2.05) is 12.1 Å². The van der Waals surface area contributed by atoms with Crippen LogP contribution < -0.4 is 0 Å². The van der Waals surface area contributed by atoms with Crippen molar-refractivity contribution in [2.45, 2.75) is 65.7 Å². The van der Waals surface area contributed by atoms with Gasteiger partial charge in [-0.25, -0.2) is 0 Å². The molecule has 0 N–H and O–H groups in total. The second kappa shape index (κ2) is 6.56. The standard InChI is InChI=1S/C19H28O/c1-4-5-8-15-10-12-16(13-11-15)18(20)17-9-6-7-14-19(17,2)3/h10-13,17H,4-9,14H2,1-3H3. The van der Waals surface area contributed by atoms with Gasteiger partial charge in [-0.2, -0.15) is 0 Å². The lowest BCUT2D eigenvalue weighted by Gasteiger charge is -2.37. The maximum atomic E-state index is 12.7. The molecule has 1 unspecified atom stereocenters. The Morgan fingerprint density at radius 1 is 1.20 bits per heavy atom. The highest BCUT2D eigenvalue weighted by Gasteiger charge is 2.37. The number of rotatable bonds is 5. The van der Waals surface area contributed by atoms with Gasteiger partial charge in [0.1, 0.15) is 0 Å². The van der Waals surface area contributed by atoms with Crippen molar-refractivity contribution < 1.29 is 4.79 Å². The predicted molar refractivity (Wildman–Crippen MR) is 85.1 cm³/mol. The average Bonchev–Trinajstić information content (AvgIpc) is 2.44. The van der Waals surface area contributed by atoms with E-state index in [1.54, 1.807) is 0 Å². The molecule has 0 radical (unpaired) electrons. The molecule has 2 rings (SSSR count). The van der Waals surface area contributed by atoms with Gasteiger partial charge in [0.2, 0.25) is 0 Å². The molecule has 1 atom stereocenters. The Morgan fingerprint density at radius 2 is 1.90 bits per heavy atom. The van der Waals surface area contributed by atoms with Crippen LogP contribution in [0.5, 0.6) is 0 Å². The van der Waals surface area contributed by atoms with Gasteiger partial charge in [-0.15, -0.1) is 0 Å². The van der Waals surface area contributed by atoms with Crippen LogP contribution in [0.1, 0.15) is 75.2 Å². The zero-order valence-corrected chi connectivity index (χ0v) is 13.2. The molecule has 0 amide bonds. The maximum Gasteiger partial charge on any atom is 0.166 e. The normalized spacial score (nSPS) is 21.6. The van der Waals surface area contributed by atoms with Crippen molar-refractivity contribution in [2.75, 3.05) is 0 Å². The van der Waals surface area contributed by atoms with E-state index in [1.165, 1.54) is 37.7 Å². The van der Waals surface area contributed by atoms with Gasteiger partial charge >= 0.3 is 0 Å². The molecule has 0 aliphatic heterocycles. The highest BCUT2D eigenvalue weighted by Crippen LogP contribution is 2.42. The van der Waals surface area contributed by atoms with Crippen LogP contribution in [-0.2, 0) is 6.42 Å². The summed E-state index contributed by atoms with van der Waals surface area (Å²) in [6.07, 6.45) is 8.28. The molecule has 0 spiro atoms. The van der Waals surface area contributed by atoms with Crippen LogP contribution in [0.4, 0.5) is 0 Å². The number of hydrogen-bond donors (Lipinski definition) is 0. The number of hydrogen-bond acceptors (Lipinski definition) is 1. The van der Waals surface area contributed by atoms with Gasteiger partial charge in [0.25, 0.3) is 0 Å². The van der Waals surface area contributed by atoms with E-state index in [-0.39, 0.29) is 11.3 Å². The van der Waals surface area contributed by atoms with Crippen LogP contribution in [0.25, 0.3) is 0 Å². The molecule has 1 aromatic rings. The van der Waals surface area contributed by atoms with Crippen LogP contribution in [0.15, 0.2) is 24.3 Å². The Labute approximate surface area is 123 Å². The van der Waals surface area contributed by atoms with Crippen molar-refractivity contribution in [1.82, 2.24) is 0 Å². The van der Waals surface area contributed by atoms with Crippen molar-refractivity contribution in [3.05, 3.63) is 35.4 Å². The molecule has 0 aromatic heterocycles. The first-order valence-corrected chi connectivity index (χ1v) is 8.18. The minimum absolute atomic E-state index is 0.163. The van der Waals surface area contributed by atoms with Gasteiger partial charge in [-0.05, 0) is 36.7 Å². The summed E-state index contributed by atoms with van der Waals surface area (Å²) in [7, 11) is 0. The SMILES string of the molecule is CCCCc1ccc(C(=O)C2CCCCC2(C)C)cc1. The van der Waals surface area contributed by atoms with E-state index in [4.69, 9.17) is 0 Å². The van der Waals surface area contributed by atoms with Gasteiger partial charge in [0, 0.05) is 11.5 Å². The number of ketones is 1. The van der Waals surface area contributed by atoms with E-state index in [0.717, 1.165) is 18.4 Å². The summed E-state index contributed by atoms with van der Waals surface area (Å²) < 4.78 is 0. The zero-order valence-electron chi connectivity index (χ0n) is 13.2. The Kier molecular flexibility index (Phi) is 5.01. The molecule has 110 valence electrons. The summed E-state index contributed by atoms with van der Waals surface area (Å²) >= 11 is 0. The minimum Gasteiger partial charge on any atom is -0.294 e. The van der Waals surface area contributed by atoms with Crippen molar-refractivity contribution in [1.29, 1.82) is 0 Å². The molecule has 1 nitrogen and oxygen atoms in total. The van der Waals surface area contributed by atoms with Gasteiger partial charge in [0.05, 0.1) is 0 Å². The first-order valence-electron chi connectivity index (χ1n) is 8.18. The summed E-state index contributed by atoms with van der Waals surface area (Å²) in [5.41, 5.74) is 2.42. The monoisotopic (exact) mass is 272 g/mol. The Bertz CT molecular complexity index is 441. The van der Waals surface area contributed by atoms with Crippen molar-refractivity contribution in [2.24, 2.45) is 11.3 Å². The second-order valence-electron chi connectivity index (χ2n) is 6.95. The average molecular weight is 272 g/mol. The third kappa shape index (κ3) is 3.50. The lowest BCUT2D eigenvalue weighted by atomic mass is 9.66. The molecular weight excluding hydrogens is 244 g/mol. The third-order valence-electron chi connectivity index (χ3n) is 4.88. The smallest absolute Gasteiger partial charge is 0.166 e. The summed E-state index contributed by atoms with van der Waals surface area (Å²) in [5, 5.41) is 0. The summed E-state index contributed by atoms with van der Waals surface area (Å²) in [5.74, 6) is 0.564. The van der Waals surface area contributed by atoms with Gasteiger partial charge in [0.15, 0.2) is 5.78 Å². The number of aryl methyl sites for hydroxylation is 1. The van der Waals surface area contributed by atoms with Gasteiger partial charge in [-0.1, -0.05) is 64.3 Å². The Hall–Kier alpha value is -1.11. The second-order valence-corrected chi connectivity index (χ2v) is 6.95. The number of Topliss-reactive ketones (excluding diaryl/α,β-unsaturated/α-hetero) is 1. The van der Waals surface area contributed by atoms with E-state index in [2.05, 4.69) is 32.9 Å². The quantitative estimate of drug-likeness (QED) is 0.653. The number of benzene rings is 1. The fraction of sp³-hybridized carbons (Fsp3) is 0.632. The molecule has 20 heavy (non-hydrogen) atoms. The molecule has 1 saturated carbocycles. The summed E-state index contributed by atoms with van der Waals surface area (Å²) in [6.45, 7) is 6.72. The lowest BCUT2D eigenvalue weighted by Crippen LogP contribution is -2.34. The van der Waals surface area contributed by atoms with Crippen LogP contribution in [0.2, 0.25) is 0 Å². The molecular formula is C19H28O. The fourth-order valence-corrected chi connectivity index (χ4v) is 3.40. The van der Waals surface area contributed by atoms with Crippen molar-refractivity contribution in [3.8, 4) is 0 Å². The van der Waals surface area contributed by atoms with Crippen LogP contribution >= 0.6 is 0 Å². The van der Waals surface area contributed by atoms with E-state index in [0.29, 0.717) is 5.78 Å². The molecule has 0 bridgehead atoms. The van der Waals surface area contributed by atoms with Crippen LogP contribution in [0.3, 0.4) is 0 Å². The maximum absolute atomic E-state index is 12.7. The lowest BCUT2D eigenvalue weighted by molar-refractivity contribution is 0.0697. The minimum atomic E-state index is 0.163. The van der Waals surface area contributed by atoms with E-state index in [9.17, 15) is 4.79 Å². The molecule has 1 aliphatic rings. The number of carbonyl (C=O) groups is 1.